The second kappa shape index (κ2) is 9.60. The molecule has 0 fully saturated rings. The lowest BCUT2D eigenvalue weighted by Gasteiger charge is -2.20. The Morgan fingerprint density at radius 2 is 1.91 bits per heavy atom. The SMILES string of the molecule is CCCCCC1=NN2C(=N)C(=Cc3cn(Cc4ccc(Cl)cc4)c4ccccc34)C(=O)N=C2S1. The molecule has 1 amide bonds. The number of benzene rings is 2. The van der Waals surface area contributed by atoms with Crippen LogP contribution in [0.1, 0.15) is 43.7 Å². The highest BCUT2D eigenvalue weighted by molar-refractivity contribution is 8.26. The fraction of sp³-hybridized carbons (Fsp3) is 0.231. The fourth-order valence-electron chi connectivity index (χ4n) is 4.12. The van der Waals surface area contributed by atoms with E-state index in [9.17, 15) is 4.79 Å². The molecule has 0 spiro atoms. The number of thioether (sulfide) groups is 1. The number of halogens is 1. The first-order valence-electron chi connectivity index (χ1n) is 11.3. The zero-order valence-electron chi connectivity index (χ0n) is 18.8. The topological polar surface area (TPSA) is 73.8 Å². The molecule has 3 aromatic rings. The number of unbranched alkanes of at least 4 members (excludes halogenated alkanes) is 2. The highest BCUT2D eigenvalue weighted by atomic mass is 35.5. The van der Waals surface area contributed by atoms with Gasteiger partial charge in [-0.3, -0.25) is 10.2 Å². The van der Waals surface area contributed by atoms with Crippen molar-refractivity contribution in [2.75, 3.05) is 0 Å². The molecular weight excluding hydrogens is 466 g/mol. The van der Waals surface area contributed by atoms with Crippen molar-refractivity contribution in [3.63, 3.8) is 0 Å². The molecule has 6 nitrogen and oxygen atoms in total. The van der Waals surface area contributed by atoms with E-state index in [1.807, 2.05) is 48.7 Å². The third-order valence-electron chi connectivity index (χ3n) is 5.88. The van der Waals surface area contributed by atoms with Gasteiger partial charge < -0.3 is 4.57 Å². The normalized spacial score (nSPS) is 16.9. The summed E-state index contributed by atoms with van der Waals surface area (Å²) in [5.74, 6) is -0.328. The summed E-state index contributed by atoms with van der Waals surface area (Å²) in [6, 6.07) is 15.8. The van der Waals surface area contributed by atoms with Crippen molar-refractivity contribution in [2.45, 2.75) is 39.2 Å². The number of carbonyl (C=O) groups is 1. The van der Waals surface area contributed by atoms with Crippen molar-refractivity contribution in [1.82, 2.24) is 9.58 Å². The molecule has 0 bridgehead atoms. The Bertz CT molecular complexity index is 1370. The maximum absolute atomic E-state index is 12.9. The van der Waals surface area contributed by atoms with Crippen molar-refractivity contribution in [2.24, 2.45) is 10.1 Å². The second-order valence-corrected chi connectivity index (χ2v) is 9.80. The summed E-state index contributed by atoms with van der Waals surface area (Å²) >= 11 is 7.43. The largest absolute Gasteiger partial charge is 0.342 e. The van der Waals surface area contributed by atoms with Crippen LogP contribution < -0.4 is 0 Å². The number of carbonyl (C=O) groups excluding carboxylic acids is 1. The van der Waals surface area contributed by atoms with E-state index in [2.05, 4.69) is 27.7 Å². The summed E-state index contributed by atoms with van der Waals surface area (Å²) in [4.78, 5) is 17.1. The Morgan fingerprint density at radius 1 is 1.12 bits per heavy atom. The van der Waals surface area contributed by atoms with Crippen LogP contribution in [0.4, 0.5) is 0 Å². The van der Waals surface area contributed by atoms with Crippen molar-refractivity contribution in [3.8, 4) is 0 Å². The van der Waals surface area contributed by atoms with E-state index in [4.69, 9.17) is 17.0 Å². The van der Waals surface area contributed by atoms with Gasteiger partial charge in [-0.1, -0.05) is 61.7 Å². The number of nitrogens with zero attached hydrogens (tertiary/aromatic N) is 4. The third kappa shape index (κ3) is 4.45. The molecule has 0 saturated heterocycles. The molecule has 172 valence electrons. The van der Waals surface area contributed by atoms with Gasteiger partial charge >= 0.3 is 0 Å². The first kappa shape index (κ1) is 22.6. The summed E-state index contributed by atoms with van der Waals surface area (Å²) in [5, 5.41) is 17.8. The molecule has 0 radical (unpaired) electrons. The molecule has 0 aliphatic carbocycles. The van der Waals surface area contributed by atoms with Gasteiger partial charge in [-0.15, -0.1) is 0 Å². The van der Waals surface area contributed by atoms with Gasteiger partial charge in [0.1, 0.15) is 5.04 Å². The molecule has 2 aliphatic rings. The van der Waals surface area contributed by atoms with Gasteiger partial charge in [0.25, 0.3) is 5.91 Å². The van der Waals surface area contributed by atoms with E-state index < -0.39 is 5.91 Å². The van der Waals surface area contributed by atoms with Gasteiger partial charge in [0, 0.05) is 34.2 Å². The van der Waals surface area contributed by atoms with E-state index in [0.29, 0.717) is 16.7 Å². The van der Waals surface area contributed by atoms with Gasteiger partial charge in [0.2, 0.25) is 5.17 Å². The number of fused-ring (bicyclic) bond motifs is 2. The molecule has 5 rings (SSSR count). The summed E-state index contributed by atoms with van der Waals surface area (Å²) in [5.41, 5.74) is 3.29. The lowest BCUT2D eigenvalue weighted by Crippen LogP contribution is -2.35. The minimum Gasteiger partial charge on any atom is -0.342 e. The lowest BCUT2D eigenvalue weighted by atomic mass is 10.1. The smallest absolute Gasteiger partial charge is 0.283 e. The molecule has 1 N–H and O–H groups in total. The van der Waals surface area contributed by atoms with E-state index in [0.717, 1.165) is 52.8 Å². The standard InChI is InChI=1S/C26H24ClN5OS/c1-2-3-4-9-23-30-32-24(28)21(25(33)29-26(32)34-23)14-18-16-31(22-8-6-5-7-20(18)22)15-17-10-12-19(27)13-11-17/h5-8,10-14,16,28H,2-4,9,15H2,1H3. The molecular formula is C26H24ClN5OS. The van der Waals surface area contributed by atoms with Crippen LogP contribution in [-0.2, 0) is 11.3 Å². The quantitative estimate of drug-likeness (QED) is 0.302. The number of nitrogens with one attached hydrogen (secondary N) is 1. The summed E-state index contributed by atoms with van der Waals surface area (Å²) in [7, 11) is 0. The number of para-hydroxylation sites is 1. The van der Waals surface area contributed by atoms with Crippen molar-refractivity contribution < 1.29 is 4.79 Å². The molecule has 1 aromatic heterocycles. The molecule has 0 atom stereocenters. The molecule has 2 aromatic carbocycles. The Labute approximate surface area is 207 Å². The fourth-order valence-corrected chi connectivity index (χ4v) is 5.17. The van der Waals surface area contributed by atoms with E-state index in [1.54, 1.807) is 6.08 Å². The van der Waals surface area contributed by atoms with Crippen LogP contribution in [-0.4, -0.2) is 31.5 Å². The summed E-state index contributed by atoms with van der Waals surface area (Å²) in [6.07, 6.45) is 7.93. The summed E-state index contributed by atoms with van der Waals surface area (Å²) < 4.78 is 2.15. The molecule has 3 heterocycles. The second-order valence-electron chi connectivity index (χ2n) is 8.33. The van der Waals surface area contributed by atoms with E-state index in [-0.39, 0.29) is 11.4 Å². The number of amides is 1. The Hall–Kier alpha value is -3.16. The molecule has 0 unspecified atom stereocenters. The molecule has 0 saturated carbocycles. The van der Waals surface area contributed by atoms with Crippen LogP contribution in [0.3, 0.4) is 0 Å². The molecule has 2 aliphatic heterocycles. The van der Waals surface area contributed by atoms with Crippen LogP contribution in [0.5, 0.6) is 0 Å². The number of hydrogen-bond acceptors (Lipinski definition) is 4. The zero-order chi connectivity index (χ0) is 23.7. The van der Waals surface area contributed by atoms with Gasteiger partial charge in [-0.25, -0.2) is 0 Å². The number of aromatic nitrogens is 1. The Morgan fingerprint density at radius 3 is 2.71 bits per heavy atom. The van der Waals surface area contributed by atoms with Crippen molar-refractivity contribution in [1.29, 1.82) is 5.41 Å². The highest BCUT2D eigenvalue weighted by Crippen LogP contribution is 2.31. The van der Waals surface area contributed by atoms with Gasteiger partial charge in [0.15, 0.2) is 5.84 Å². The Kier molecular flexibility index (Phi) is 6.39. The minimum absolute atomic E-state index is 0.0718. The van der Waals surface area contributed by atoms with E-state index in [1.165, 1.54) is 16.8 Å². The monoisotopic (exact) mass is 489 g/mol. The number of aliphatic imine (C=N–C) groups is 1. The first-order valence-corrected chi connectivity index (χ1v) is 12.5. The van der Waals surface area contributed by atoms with Crippen molar-refractivity contribution in [3.05, 3.63) is 76.5 Å². The van der Waals surface area contributed by atoms with Gasteiger partial charge in [-0.05, 0) is 54.4 Å². The number of hydrogen-bond donors (Lipinski definition) is 1. The first-order chi connectivity index (χ1) is 16.5. The average Bonchev–Trinajstić information content (AvgIpc) is 3.40. The van der Waals surface area contributed by atoms with Gasteiger partial charge in [-0.2, -0.15) is 15.1 Å². The molecule has 8 heteroatoms. The number of rotatable bonds is 7. The van der Waals surface area contributed by atoms with Gasteiger partial charge in [0.05, 0.1) is 5.57 Å². The number of hydrazone groups is 1. The van der Waals surface area contributed by atoms with Crippen LogP contribution in [0.25, 0.3) is 17.0 Å². The van der Waals surface area contributed by atoms with E-state index >= 15 is 0 Å². The van der Waals surface area contributed by atoms with Crippen molar-refractivity contribution >= 4 is 62.3 Å². The third-order valence-corrected chi connectivity index (χ3v) is 7.10. The highest BCUT2D eigenvalue weighted by Gasteiger charge is 2.35. The predicted molar refractivity (Wildman–Crippen MR) is 142 cm³/mol. The zero-order valence-corrected chi connectivity index (χ0v) is 20.4. The average molecular weight is 490 g/mol. The van der Waals surface area contributed by atoms with Crippen LogP contribution in [0.15, 0.2) is 70.4 Å². The maximum atomic E-state index is 12.9. The number of amidine groups is 2. The summed E-state index contributed by atoms with van der Waals surface area (Å²) in [6.45, 7) is 2.83. The Balaban J connectivity index is 1.47. The van der Waals surface area contributed by atoms with Crippen LogP contribution in [0.2, 0.25) is 5.02 Å². The minimum atomic E-state index is -0.400. The maximum Gasteiger partial charge on any atom is 0.283 e. The lowest BCUT2D eigenvalue weighted by molar-refractivity contribution is -0.114. The predicted octanol–water partition coefficient (Wildman–Crippen LogP) is 6.54. The molecule has 34 heavy (non-hydrogen) atoms. The van der Waals surface area contributed by atoms with Crippen LogP contribution >= 0.6 is 23.4 Å². The van der Waals surface area contributed by atoms with Crippen LogP contribution in [0, 0.1) is 5.41 Å².